The Labute approximate surface area is 128 Å². The van der Waals surface area contributed by atoms with Crippen molar-refractivity contribution in [3.05, 3.63) is 46.4 Å². The molecule has 0 unspecified atom stereocenters. The molecular weight excluding hydrogens is 316 g/mol. The molecule has 2 aromatic carbocycles. The van der Waals surface area contributed by atoms with Crippen LogP contribution in [-0.4, -0.2) is 11.7 Å². The van der Waals surface area contributed by atoms with Gasteiger partial charge in [-0.15, -0.1) is 0 Å². The normalized spacial score (nSPS) is 10.6. The Morgan fingerprint density at radius 1 is 1.15 bits per heavy atom. The van der Waals surface area contributed by atoms with E-state index in [0.29, 0.717) is 6.61 Å². The Morgan fingerprint density at radius 2 is 1.90 bits per heavy atom. The number of halogens is 1. The van der Waals surface area contributed by atoms with Crippen LogP contribution >= 0.6 is 15.9 Å². The maximum Gasteiger partial charge on any atom is 0.141 e. The number of para-hydroxylation sites is 1. The van der Waals surface area contributed by atoms with Gasteiger partial charge in [-0.25, -0.2) is 0 Å². The van der Waals surface area contributed by atoms with Crippen molar-refractivity contribution in [2.45, 2.75) is 26.7 Å². The van der Waals surface area contributed by atoms with Crippen LogP contribution < -0.4 is 4.74 Å². The minimum absolute atomic E-state index is 0.269. The highest BCUT2D eigenvalue weighted by atomic mass is 79.9. The average Bonchev–Trinajstić information content (AvgIpc) is 2.41. The van der Waals surface area contributed by atoms with Crippen LogP contribution in [0.5, 0.6) is 11.5 Å². The second-order valence-electron chi connectivity index (χ2n) is 4.84. The molecule has 106 valence electrons. The van der Waals surface area contributed by atoms with Crippen LogP contribution in [0, 0.1) is 6.92 Å². The number of benzene rings is 2. The summed E-state index contributed by atoms with van der Waals surface area (Å²) in [7, 11) is 0. The van der Waals surface area contributed by atoms with Gasteiger partial charge in [0.25, 0.3) is 0 Å². The molecule has 20 heavy (non-hydrogen) atoms. The molecule has 0 aromatic heterocycles. The molecule has 0 aliphatic heterocycles. The molecule has 0 heterocycles. The number of rotatable bonds is 5. The van der Waals surface area contributed by atoms with Crippen molar-refractivity contribution in [2.75, 3.05) is 6.61 Å². The lowest BCUT2D eigenvalue weighted by Crippen LogP contribution is -1.99. The molecule has 0 saturated heterocycles. The second-order valence-corrected chi connectivity index (χ2v) is 5.70. The van der Waals surface area contributed by atoms with Crippen LogP contribution in [-0.2, 0) is 0 Å². The third kappa shape index (κ3) is 3.34. The molecule has 0 radical (unpaired) electrons. The van der Waals surface area contributed by atoms with E-state index in [1.807, 2.05) is 37.3 Å². The fourth-order valence-corrected chi connectivity index (χ4v) is 2.78. The van der Waals surface area contributed by atoms with E-state index in [1.165, 1.54) is 0 Å². The smallest absolute Gasteiger partial charge is 0.141 e. The largest absolute Gasteiger partial charge is 0.507 e. The molecule has 0 spiro atoms. The van der Waals surface area contributed by atoms with E-state index in [9.17, 15) is 5.11 Å². The van der Waals surface area contributed by atoms with Crippen molar-refractivity contribution >= 4 is 15.9 Å². The number of ether oxygens (including phenoxy) is 1. The third-order valence-electron chi connectivity index (χ3n) is 3.13. The lowest BCUT2D eigenvalue weighted by atomic mass is 10.0. The third-order valence-corrected chi connectivity index (χ3v) is 3.72. The van der Waals surface area contributed by atoms with Crippen molar-refractivity contribution in [1.29, 1.82) is 0 Å². The highest BCUT2D eigenvalue weighted by Gasteiger charge is 2.14. The lowest BCUT2D eigenvalue weighted by molar-refractivity contribution is 0.308. The first-order chi connectivity index (χ1) is 9.63. The molecule has 2 aromatic rings. The fourth-order valence-electron chi connectivity index (χ4n) is 2.10. The first-order valence-corrected chi connectivity index (χ1v) is 7.64. The van der Waals surface area contributed by atoms with Gasteiger partial charge < -0.3 is 9.84 Å². The first-order valence-electron chi connectivity index (χ1n) is 6.84. The number of aryl methyl sites for hydroxylation is 1. The molecule has 0 bridgehead atoms. The van der Waals surface area contributed by atoms with E-state index < -0.39 is 0 Å². The van der Waals surface area contributed by atoms with Crippen molar-refractivity contribution in [1.82, 2.24) is 0 Å². The number of hydrogen-bond donors (Lipinski definition) is 1. The van der Waals surface area contributed by atoms with Gasteiger partial charge >= 0.3 is 0 Å². The summed E-state index contributed by atoms with van der Waals surface area (Å²) < 4.78 is 6.84. The Bertz CT molecular complexity index is 594. The summed E-state index contributed by atoms with van der Waals surface area (Å²) in [5.41, 5.74) is 2.84. The maximum absolute atomic E-state index is 10.1. The molecule has 0 aliphatic carbocycles. The van der Waals surface area contributed by atoms with Gasteiger partial charge in [-0.2, -0.15) is 0 Å². The zero-order chi connectivity index (χ0) is 14.5. The molecular formula is C17H19BrO2. The summed E-state index contributed by atoms with van der Waals surface area (Å²) in [5, 5.41) is 10.1. The van der Waals surface area contributed by atoms with Crippen LogP contribution in [0.25, 0.3) is 11.1 Å². The summed E-state index contributed by atoms with van der Waals surface area (Å²) in [6.45, 7) is 4.85. The number of phenolic OH excluding ortho intramolecular Hbond substituents is 1. The minimum atomic E-state index is 0.269. The summed E-state index contributed by atoms with van der Waals surface area (Å²) in [6, 6.07) is 11.4. The topological polar surface area (TPSA) is 29.5 Å². The monoisotopic (exact) mass is 334 g/mol. The first kappa shape index (κ1) is 14.9. The number of unbranched alkanes of at least 4 members (excludes halogenated alkanes) is 1. The Kier molecular flexibility index (Phi) is 5.07. The standard InChI is InChI=1S/C17H19BrO2/c1-3-4-9-20-17-14(10-12(2)11-15(17)18)13-7-5-6-8-16(13)19/h5-8,10-11,19H,3-4,9H2,1-2H3. The van der Waals surface area contributed by atoms with Gasteiger partial charge in [-0.1, -0.05) is 31.5 Å². The van der Waals surface area contributed by atoms with Crippen LogP contribution in [0.15, 0.2) is 40.9 Å². The van der Waals surface area contributed by atoms with Gasteiger partial charge in [0.15, 0.2) is 0 Å². The van der Waals surface area contributed by atoms with Gasteiger partial charge in [0.1, 0.15) is 11.5 Å². The molecule has 1 N–H and O–H groups in total. The Balaban J connectivity index is 2.47. The zero-order valence-electron chi connectivity index (χ0n) is 11.8. The van der Waals surface area contributed by atoms with Gasteiger partial charge in [-0.3, -0.25) is 0 Å². The summed E-state index contributed by atoms with van der Waals surface area (Å²) in [6.07, 6.45) is 2.11. The second kappa shape index (κ2) is 6.80. The highest BCUT2D eigenvalue weighted by Crippen LogP contribution is 2.41. The van der Waals surface area contributed by atoms with Crippen molar-refractivity contribution in [3.63, 3.8) is 0 Å². The predicted molar refractivity (Wildman–Crippen MR) is 86.4 cm³/mol. The molecule has 3 heteroatoms. The molecule has 0 saturated carbocycles. The molecule has 0 amide bonds. The van der Waals surface area contributed by atoms with E-state index in [0.717, 1.165) is 39.8 Å². The summed E-state index contributed by atoms with van der Waals surface area (Å²) >= 11 is 3.57. The van der Waals surface area contributed by atoms with Crippen LogP contribution in [0.1, 0.15) is 25.3 Å². The van der Waals surface area contributed by atoms with E-state index >= 15 is 0 Å². The summed E-state index contributed by atoms with van der Waals surface area (Å²) in [4.78, 5) is 0. The van der Waals surface area contributed by atoms with E-state index in [1.54, 1.807) is 6.07 Å². The Morgan fingerprint density at radius 3 is 2.60 bits per heavy atom. The number of phenols is 1. The van der Waals surface area contributed by atoms with Gasteiger partial charge in [0.05, 0.1) is 11.1 Å². The molecule has 0 fully saturated rings. The molecule has 2 nitrogen and oxygen atoms in total. The quantitative estimate of drug-likeness (QED) is 0.751. The van der Waals surface area contributed by atoms with E-state index in [2.05, 4.69) is 22.9 Å². The summed E-state index contributed by atoms with van der Waals surface area (Å²) in [5.74, 6) is 1.07. The minimum Gasteiger partial charge on any atom is -0.507 e. The van der Waals surface area contributed by atoms with Crippen LogP contribution in [0.3, 0.4) is 0 Å². The number of hydrogen-bond acceptors (Lipinski definition) is 2. The lowest BCUT2D eigenvalue weighted by Gasteiger charge is -2.15. The highest BCUT2D eigenvalue weighted by molar-refractivity contribution is 9.10. The molecule has 0 atom stereocenters. The zero-order valence-corrected chi connectivity index (χ0v) is 13.4. The molecule has 2 rings (SSSR count). The fraction of sp³-hybridized carbons (Fsp3) is 0.294. The van der Waals surface area contributed by atoms with Crippen molar-refractivity contribution in [3.8, 4) is 22.6 Å². The predicted octanol–water partition coefficient (Wildman–Crippen LogP) is 5.31. The maximum atomic E-state index is 10.1. The number of aromatic hydroxyl groups is 1. The van der Waals surface area contributed by atoms with Gasteiger partial charge in [-0.05, 0) is 53.0 Å². The van der Waals surface area contributed by atoms with Gasteiger partial charge in [0, 0.05) is 11.1 Å². The van der Waals surface area contributed by atoms with E-state index in [-0.39, 0.29) is 5.75 Å². The van der Waals surface area contributed by atoms with Crippen molar-refractivity contribution < 1.29 is 9.84 Å². The molecule has 0 aliphatic rings. The van der Waals surface area contributed by atoms with Crippen molar-refractivity contribution in [2.24, 2.45) is 0 Å². The average molecular weight is 335 g/mol. The van der Waals surface area contributed by atoms with E-state index in [4.69, 9.17) is 4.74 Å². The van der Waals surface area contributed by atoms with Crippen LogP contribution in [0.4, 0.5) is 0 Å². The van der Waals surface area contributed by atoms with Gasteiger partial charge in [0.2, 0.25) is 0 Å². The SMILES string of the molecule is CCCCOc1c(Br)cc(C)cc1-c1ccccc1O. The Hall–Kier alpha value is -1.48. The van der Waals surface area contributed by atoms with Crippen LogP contribution in [0.2, 0.25) is 0 Å².